The first-order valence-electron chi connectivity index (χ1n) is 8.40. The van der Waals surface area contributed by atoms with E-state index in [9.17, 15) is 12.8 Å². The molecule has 1 heterocycles. The van der Waals surface area contributed by atoms with Crippen LogP contribution in [0, 0.1) is 5.82 Å². The van der Waals surface area contributed by atoms with Gasteiger partial charge in [-0.15, -0.1) is 0 Å². The second-order valence-corrected chi connectivity index (χ2v) is 7.84. The Bertz CT molecular complexity index is 770. The van der Waals surface area contributed by atoms with Gasteiger partial charge < -0.3 is 0 Å². The van der Waals surface area contributed by atoms with E-state index in [-0.39, 0.29) is 5.82 Å². The maximum atomic E-state index is 13.0. The highest BCUT2D eigenvalue weighted by molar-refractivity contribution is 7.86. The highest BCUT2D eigenvalue weighted by Crippen LogP contribution is 2.18. The third kappa shape index (κ3) is 4.87. The molecule has 2 aromatic rings. The predicted octanol–water partition coefficient (Wildman–Crippen LogP) is 2.67. The largest absolute Gasteiger partial charge is 0.282 e. The maximum absolute atomic E-state index is 13.0. The SMILES string of the molecule is CCN(CC)S(=O)(=O)N(C)CCCc1cc(-c2ccc(F)cc2)n[nH]1. The Hall–Kier alpha value is -1.77. The van der Waals surface area contributed by atoms with E-state index in [0.717, 1.165) is 17.0 Å². The van der Waals surface area contributed by atoms with Crippen molar-refractivity contribution in [2.24, 2.45) is 0 Å². The molecule has 0 fully saturated rings. The molecule has 25 heavy (non-hydrogen) atoms. The number of aryl methyl sites for hydroxylation is 1. The van der Waals surface area contributed by atoms with Gasteiger partial charge in [0.2, 0.25) is 0 Å². The summed E-state index contributed by atoms with van der Waals surface area (Å²) in [5, 5.41) is 7.18. The average molecular weight is 368 g/mol. The molecular formula is C17H25FN4O2S. The van der Waals surface area contributed by atoms with Crippen LogP contribution in [0.4, 0.5) is 4.39 Å². The lowest BCUT2D eigenvalue weighted by Gasteiger charge is -2.25. The van der Waals surface area contributed by atoms with Crippen LogP contribution in [0.1, 0.15) is 26.0 Å². The van der Waals surface area contributed by atoms with Crippen LogP contribution in [-0.2, 0) is 16.6 Å². The number of nitrogens with zero attached hydrogens (tertiary/aromatic N) is 3. The summed E-state index contributed by atoms with van der Waals surface area (Å²) < 4.78 is 40.5. The minimum Gasteiger partial charge on any atom is -0.282 e. The molecule has 0 bridgehead atoms. The predicted molar refractivity (Wildman–Crippen MR) is 96.8 cm³/mol. The zero-order chi connectivity index (χ0) is 18.4. The smallest absolute Gasteiger partial charge is 0.281 e. The number of benzene rings is 1. The van der Waals surface area contributed by atoms with Crippen molar-refractivity contribution in [1.82, 2.24) is 18.8 Å². The zero-order valence-electron chi connectivity index (χ0n) is 14.9. The number of aromatic nitrogens is 2. The molecule has 0 saturated heterocycles. The second kappa shape index (κ2) is 8.55. The summed E-state index contributed by atoms with van der Waals surface area (Å²) in [5.41, 5.74) is 2.51. The van der Waals surface area contributed by atoms with Gasteiger partial charge in [0, 0.05) is 37.9 Å². The Kier molecular flexibility index (Phi) is 6.69. The number of rotatable bonds is 9. The van der Waals surface area contributed by atoms with Crippen LogP contribution in [0.3, 0.4) is 0 Å². The van der Waals surface area contributed by atoms with Crippen LogP contribution in [-0.4, -0.2) is 53.9 Å². The molecule has 8 heteroatoms. The van der Waals surface area contributed by atoms with Gasteiger partial charge in [-0.05, 0) is 43.2 Å². The van der Waals surface area contributed by atoms with Crippen LogP contribution in [0.15, 0.2) is 30.3 Å². The minimum atomic E-state index is -3.39. The maximum Gasteiger partial charge on any atom is 0.281 e. The summed E-state index contributed by atoms with van der Waals surface area (Å²) in [6, 6.07) is 8.07. The molecule has 0 unspecified atom stereocenters. The van der Waals surface area contributed by atoms with Gasteiger partial charge in [0.1, 0.15) is 5.82 Å². The number of H-pyrrole nitrogens is 1. The topological polar surface area (TPSA) is 69.3 Å². The first-order valence-corrected chi connectivity index (χ1v) is 9.79. The van der Waals surface area contributed by atoms with E-state index in [0.29, 0.717) is 32.5 Å². The first kappa shape index (κ1) is 19.6. The quantitative estimate of drug-likeness (QED) is 0.740. The van der Waals surface area contributed by atoms with E-state index >= 15 is 0 Å². The number of nitrogens with one attached hydrogen (secondary N) is 1. The summed E-state index contributed by atoms with van der Waals surface area (Å²) in [4.78, 5) is 0. The van der Waals surface area contributed by atoms with Crippen LogP contribution >= 0.6 is 0 Å². The standard InChI is InChI=1S/C17H25FN4O2S/c1-4-22(5-2)25(23,24)21(3)12-6-7-16-13-17(20-19-16)14-8-10-15(18)11-9-14/h8-11,13H,4-7,12H2,1-3H3,(H,19,20). The molecule has 1 aromatic carbocycles. The van der Waals surface area contributed by atoms with Crippen LogP contribution < -0.4 is 0 Å². The molecule has 0 saturated carbocycles. The van der Waals surface area contributed by atoms with E-state index in [4.69, 9.17) is 0 Å². The molecule has 0 spiro atoms. The van der Waals surface area contributed by atoms with Gasteiger partial charge in [0.25, 0.3) is 10.2 Å². The van der Waals surface area contributed by atoms with Crippen molar-refractivity contribution >= 4 is 10.2 Å². The highest BCUT2D eigenvalue weighted by Gasteiger charge is 2.23. The molecule has 0 aliphatic rings. The molecule has 2 rings (SSSR count). The van der Waals surface area contributed by atoms with Crippen LogP contribution in [0.25, 0.3) is 11.3 Å². The number of hydrogen-bond donors (Lipinski definition) is 1. The average Bonchev–Trinajstić information content (AvgIpc) is 3.05. The number of halogens is 1. The minimum absolute atomic E-state index is 0.281. The molecule has 6 nitrogen and oxygen atoms in total. The van der Waals surface area contributed by atoms with E-state index in [1.807, 2.05) is 19.9 Å². The summed E-state index contributed by atoms with van der Waals surface area (Å²) in [6.45, 7) is 5.02. The highest BCUT2D eigenvalue weighted by atomic mass is 32.2. The molecular weight excluding hydrogens is 343 g/mol. The molecule has 0 atom stereocenters. The van der Waals surface area contributed by atoms with Crippen molar-refractivity contribution in [3.05, 3.63) is 41.8 Å². The van der Waals surface area contributed by atoms with Crippen LogP contribution in [0.5, 0.6) is 0 Å². The molecule has 0 aliphatic heterocycles. The molecule has 0 aliphatic carbocycles. The second-order valence-electron chi connectivity index (χ2n) is 5.80. The van der Waals surface area contributed by atoms with Crippen LogP contribution in [0.2, 0.25) is 0 Å². The van der Waals surface area contributed by atoms with Gasteiger partial charge in [0.15, 0.2) is 0 Å². The number of aromatic amines is 1. The lowest BCUT2D eigenvalue weighted by atomic mass is 10.1. The lowest BCUT2D eigenvalue weighted by Crippen LogP contribution is -2.42. The molecule has 0 amide bonds. The van der Waals surface area contributed by atoms with Gasteiger partial charge >= 0.3 is 0 Å². The molecule has 1 aromatic heterocycles. The summed E-state index contributed by atoms with van der Waals surface area (Å²) in [5.74, 6) is -0.281. The van der Waals surface area contributed by atoms with Crippen molar-refractivity contribution in [3.8, 4) is 11.3 Å². The Morgan fingerprint density at radius 1 is 1.16 bits per heavy atom. The van der Waals surface area contributed by atoms with Crippen molar-refractivity contribution in [1.29, 1.82) is 0 Å². The van der Waals surface area contributed by atoms with Gasteiger partial charge in [-0.3, -0.25) is 5.10 Å². The van der Waals surface area contributed by atoms with E-state index in [1.165, 1.54) is 20.7 Å². The van der Waals surface area contributed by atoms with Crippen molar-refractivity contribution < 1.29 is 12.8 Å². The fraction of sp³-hybridized carbons (Fsp3) is 0.471. The third-order valence-electron chi connectivity index (χ3n) is 4.12. The van der Waals surface area contributed by atoms with E-state index < -0.39 is 10.2 Å². The van der Waals surface area contributed by atoms with Gasteiger partial charge in [0.05, 0.1) is 5.69 Å². The van der Waals surface area contributed by atoms with Crippen molar-refractivity contribution in [2.75, 3.05) is 26.7 Å². The molecule has 0 radical (unpaired) electrons. The Morgan fingerprint density at radius 2 is 1.80 bits per heavy atom. The summed E-state index contributed by atoms with van der Waals surface area (Å²) >= 11 is 0. The Balaban J connectivity index is 1.91. The number of hydrogen-bond acceptors (Lipinski definition) is 3. The third-order valence-corrected chi connectivity index (χ3v) is 6.25. The molecule has 138 valence electrons. The van der Waals surface area contributed by atoms with Gasteiger partial charge in [-0.1, -0.05) is 13.8 Å². The normalized spacial score (nSPS) is 12.2. The van der Waals surface area contributed by atoms with E-state index in [1.54, 1.807) is 19.2 Å². The lowest BCUT2D eigenvalue weighted by molar-refractivity contribution is 0.374. The van der Waals surface area contributed by atoms with Crippen molar-refractivity contribution in [3.63, 3.8) is 0 Å². The zero-order valence-corrected chi connectivity index (χ0v) is 15.7. The fourth-order valence-corrected chi connectivity index (χ4v) is 4.02. The van der Waals surface area contributed by atoms with Crippen molar-refractivity contribution in [2.45, 2.75) is 26.7 Å². The molecule has 1 N–H and O–H groups in total. The monoisotopic (exact) mass is 368 g/mol. The Morgan fingerprint density at radius 3 is 2.40 bits per heavy atom. The fourth-order valence-electron chi connectivity index (χ4n) is 2.61. The Labute approximate surface area is 148 Å². The van der Waals surface area contributed by atoms with Gasteiger partial charge in [-0.2, -0.15) is 22.1 Å². The first-order chi connectivity index (χ1) is 11.9. The van der Waals surface area contributed by atoms with Gasteiger partial charge in [-0.25, -0.2) is 4.39 Å². The summed E-state index contributed by atoms with van der Waals surface area (Å²) in [6.07, 6.45) is 1.37. The summed E-state index contributed by atoms with van der Waals surface area (Å²) in [7, 11) is -1.79. The van der Waals surface area contributed by atoms with E-state index in [2.05, 4.69) is 10.2 Å².